The molecular weight excluding hydrogens is 316 g/mol. The van der Waals surface area contributed by atoms with Crippen LogP contribution < -0.4 is 5.32 Å². The van der Waals surface area contributed by atoms with E-state index in [9.17, 15) is 4.79 Å². The molecule has 1 N–H and O–H groups in total. The number of nitrogens with zero attached hydrogens (tertiary/aromatic N) is 5. The highest BCUT2D eigenvalue weighted by Gasteiger charge is 2.33. The molecule has 0 bridgehead atoms. The monoisotopic (exact) mass is 346 g/mol. The number of carbonyl (C=O) groups excluding carboxylic acids is 1. The van der Waals surface area contributed by atoms with Crippen molar-refractivity contribution in [2.75, 3.05) is 32.7 Å². The summed E-state index contributed by atoms with van der Waals surface area (Å²) < 4.78 is 2.32. The molecule has 25 heavy (non-hydrogen) atoms. The Hall–Kier alpha value is -1.63. The Bertz CT molecular complexity index is 607. The molecule has 0 spiro atoms. The van der Waals surface area contributed by atoms with Crippen LogP contribution in [0.25, 0.3) is 0 Å². The van der Waals surface area contributed by atoms with Crippen LogP contribution in [0.15, 0.2) is 0 Å². The van der Waals surface area contributed by atoms with Crippen molar-refractivity contribution in [3.63, 3.8) is 0 Å². The number of fused-ring (bicyclic) bond motifs is 1. The summed E-state index contributed by atoms with van der Waals surface area (Å²) >= 11 is 0. The fraction of sp³-hybridized carbons (Fsp3) is 0.833. The number of hydrogen-bond donors (Lipinski definition) is 1. The summed E-state index contributed by atoms with van der Waals surface area (Å²) in [5.41, 5.74) is 0. The molecule has 1 saturated heterocycles. The van der Waals surface area contributed by atoms with Crippen molar-refractivity contribution in [1.29, 1.82) is 0 Å². The van der Waals surface area contributed by atoms with Crippen LogP contribution in [0.2, 0.25) is 0 Å². The van der Waals surface area contributed by atoms with Crippen LogP contribution in [0.5, 0.6) is 0 Å². The molecule has 7 heteroatoms. The van der Waals surface area contributed by atoms with Crippen LogP contribution in [0.4, 0.5) is 4.79 Å². The molecule has 1 aliphatic carbocycles. The lowest BCUT2D eigenvalue weighted by atomic mass is 10.2. The van der Waals surface area contributed by atoms with E-state index in [0.29, 0.717) is 5.92 Å². The average Bonchev–Trinajstić information content (AvgIpc) is 3.29. The average molecular weight is 346 g/mol. The second kappa shape index (κ2) is 7.32. The topological polar surface area (TPSA) is 66.3 Å². The smallest absolute Gasteiger partial charge is 0.317 e. The molecular formula is C18H30N6O. The van der Waals surface area contributed by atoms with Crippen LogP contribution in [-0.2, 0) is 19.5 Å². The van der Waals surface area contributed by atoms with E-state index < -0.39 is 0 Å². The Kier molecular flexibility index (Phi) is 4.92. The maximum atomic E-state index is 12.3. The maximum absolute atomic E-state index is 12.3. The molecule has 4 rings (SSSR count). The van der Waals surface area contributed by atoms with Crippen molar-refractivity contribution in [2.24, 2.45) is 11.8 Å². The molecule has 2 atom stereocenters. The molecule has 3 heterocycles. The van der Waals surface area contributed by atoms with Gasteiger partial charge in [-0.25, -0.2) is 4.79 Å². The number of aryl methyl sites for hydroxylation is 1. The lowest BCUT2D eigenvalue weighted by molar-refractivity contribution is 0.132. The van der Waals surface area contributed by atoms with Crippen molar-refractivity contribution in [1.82, 2.24) is 29.9 Å². The summed E-state index contributed by atoms with van der Waals surface area (Å²) in [6.07, 6.45) is 6.06. The number of piperazine rings is 1. The van der Waals surface area contributed by atoms with E-state index >= 15 is 0 Å². The second-order valence-electron chi connectivity index (χ2n) is 7.92. The van der Waals surface area contributed by atoms with Gasteiger partial charge in [0.05, 0.1) is 6.54 Å². The molecule has 0 radical (unpaired) electrons. The molecule has 2 fully saturated rings. The van der Waals surface area contributed by atoms with E-state index in [1.807, 2.05) is 4.90 Å². The molecule has 1 saturated carbocycles. The predicted octanol–water partition coefficient (Wildman–Crippen LogP) is 1.49. The highest BCUT2D eigenvalue weighted by Crippen LogP contribution is 2.36. The van der Waals surface area contributed by atoms with Crippen LogP contribution in [-0.4, -0.2) is 63.3 Å². The van der Waals surface area contributed by atoms with Crippen LogP contribution in [0, 0.1) is 11.8 Å². The molecule has 1 aromatic rings. The molecule has 1 aromatic heterocycles. The van der Waals surface area contributed by atoms with E-state index in [-0.39, 0.29) is 6.03 Å². The zero-order chi connectivity index (χ0) is 17.2. The fourth-order valence-corrected chi connectivity index (χ4v) is 3.99. The molecule has 2 amide bonds. The third-order valence-electron chi connectivity index (χ3n) is 6.00. The first-order chi connectivity index (χ1) is 12.2. The van der Waals surface area contributed by atoms with Crippen molar-refractivity contribution in [2.45, 2.75) is 52.1 Å². The summed E-state index contributed by atoms with van der Waals surface area (Å²) in [4.78, 5) is 16.6. The van der Waals surface area contributed by atoms with Crippen molar-refractivity contribution >= 4 is 6.03 Å². The highest BCUT2D eigenvalue weighted by atomic mass is 16.2. The Morgan fingerprint density at radius 3 is 2.68 bits per heavy atom. The van der Waals surface area contributed by atoms with Crippen molar-refractivity contribution in [3.8, 4) is 0 Å². The van der Waals surface area contributed by atoms with Gasteiger partial charge in [-0.05, 0) is 31.1 Å². The van der Waals surface area contributed by atoms with Gasteiger partial charge in [0.25, 0.3) is 0 Å². The van der Waals surface area contributed by atoms with E-state index in [2.05, 4.69) is 31.9 Å². The van der Waals surface area contributed by atoms with Gasteiger partial charge in [-0.1, -0.05) is 13.3 Å². The van der Waals surface area contributed by atoms with E-state index in [0.717, 1.165) is 69.8 Å². The molecule has 2 aliphatic heterocycles. The van der Waals surface area contributed by atoms with Gasteiger partial charge in [-0.2, -0.15) is 0 Å². The predicted molar refractivity (Wildman–Crippen MR) is 95.1 cm³/mol. The van der Waals surface area contributed by atoms with E-state index in [1.165, 1.54) is 25.7 Å². The Labute approximate surface area is 149 Å². The highest BCUT2D eigenvalue weighted by molar-refractivity contribution is 5.74. The number of amides is 2. The number of rotatable bonds is 4. The number of urea groups is 1. The largest absolute Gasteiger partial charge is 0.338 e. The van der Waals surface area contributed by atoms with E-state index in [1.54, 1.807) is 0 Å². The minimum Gasteiger partial charge on any atom is -0.338 e. The first-order valence-electron chi connectivity index (χ1n) is 9.87. The third-order valence-corrected chi connectivity index (χ3v) is 6.00. The molecule has 3 aliphatic rings. The number of hydrogen-bond acceptors (Lipinski definition) is 4. The SMILES string of the molecule is C[C@@H]1C[C@@H]1CNC(=O)N1CCN(Cc2nnc3n2CCCCC3)CC1. The third kappa shape index (κ3) is 3.97. The van der Waals surface area contributed by atoms with Gasteiger partial charge in [0, 0.05) is 45.7 Å². The van der Waals surface area contributed by atoms with Crippen LogP contribution >= 0.6 is 0 Å². The fourth-order valence-electron chi connectivity index (χ4n) is 3.99. The van der Waals surface area contributed by atoms with Gasteiger partial charge >= 0.3 is 6.03 Å². The van der Waals surface area contributed by atoms with Gasteiger partial charge < -0.3 is 14.8 Å². The van der Waals surface area contributed by atoms with Crippen molar-refractivity contribution < 1.29 is 4.79 Å². The van der Waals surface area contributed by atoms with Gasteiger partial charge in [-0.3, -0.25) is 4.90 Å². The zero-order valence-electron chi connectivity index (χ0n) is 15.3. The molecule has 7 nitrogen and oxygen atoms in total. The number of aromatic nitrogens is 3. The van der Waals surface area contributed by atoms with Gasteiger partial charge in [0.2, 0.25) is 0 Å². The Morgan fingerprint density at radius 2 is 1.92 bits per heavy atom. The summed E-state index contributed by atoms with van der Waals surface area (Å²) in [6.45, 7) is 8.42. The number of nitrogens with one attached hydrogen (secondary N) is 1. The minimum absolute atomic E-state index is 0.107. The summed E-state index contributed by atoms with van der Waals surface area (Å²) in [5.74, 6) is 3.74. The first-order valence-corrected chi connectivity index (χ1v) is 9.87. The summed E-state index contributed by atoms with van der Waals surface area (Å²) in [6, 6.07) is 0.107. The maximum Gasteiger partial charge on any atom is 0.317 e. The summed E-state index contributed by atoms with van der Waals surface area (Å²) in [7, 11) is 0. The van der Waals surface area contributed by atoms with Crippen LogP contribution in [0.3, 0.4) is 0 Å². The molecule has 0 aromatic carbocycles. The molecule has 0 unspecified atom stereocenters. The van der Waals surface area contributed by atoms with Crippen molar-refractivity contribution in [3.05, 3.63) is 11.6 Å². The first kappa shape index (κ1) is 16.8. The number of carbonyl (C=O) groups is 1. The lowest BCUT2D eigenvalue weighted by Crippen LogP contribution is -2.51. The second-order valence-corrected chi connectivity index (χ2v) is 7.92. The van der Waals surface area contributed by atoms with Gasteiger partial charge in [0.15, 0.2) is 0 Å². The Balaban J connectivity index is 1.25. The van der Waals surface area contributed by atoms with Crippen LogP contribution in [0.1, 0.15) is 44.3 Å². The minimum atomic E-state index is 0.107. The molecule has 138 valence electrons. The zero-order valence-corrected chi connectivity index (χ0v) is 15.3. The van der Waals surface area contributed by atoms with Gasteiger partial charge in [0.1, 0.15) is 11.6 Å². The van der Waals surface area contributed by atoms with E-state index in [4.69, 9.17) is 0 Å². The quantitative estimate of drug-likeness (QED) is 0.897. The normalized spacial score (nSPS) is 26.8. The standard InChI is InChI=1S/C18H30N6O/c1-14-11-15(14)12-19-18(25)23-9-7-22(8-10-23)13-17-21-20-16-5-3-2-4-6-24(16)17/h14-15H,2-13H2,1H3,(H,19,25)/t14-,15-/m1/s1. The van der Waals surface area contributed by atoms with Gasteiger partial charge in [-0.15, -0.1) is 10.2 Å². The summed E-state index contributed by atoms with van der Waals surface area (Å²) in [5, 5.41) is 11.9. The lowest BCUT2D eigenvalue weighted by Gasteiger charge is -2.34. The Morgan fingerprint density at radius 1 is 1.12 bits per heavy atom.